The highest BCUT2D eigenvalue weighted by molar-refractivity contribution is 7.12. The highest BCUT2D eigenvalue weighted by Crippen LogP contribution is 2.41. The van der Waals surface area contributed by atoms with Crippen molar-refractivity contribution >= 4 is 23.3 Å². The van der Waals surface area contributed by atoms with Gasteiger partial charge in [-0.05, 0) is 46.8 Å². The van der Waals surface area contributed by atoms with Crippen LogP contribution in [0.4, 0.5) is 0 Å². The van der Waals surface area contributed by atoms with E-state index in [1.165, 1.54) is 0 Å². The molecule has 1 aromatic rings. The predicted molar refractivity (Wildman–Crippen MR) is 93.6 cm³/mol. The number of nitrogens with one attached hydrogen (secondary N) is 1. The first-order valence-electron chi connectivity index (χ1n) is 7.99. The van der Waals surface area contributed by atoms with Gasteiger partial charge in [-0.2, -0.15) is 0 Å². The van der Waals surface area contributed by atoms with Crippen LogP contribution in [0, 0.1) is 6.92 Å². The Balaban J connectivity index is 2.59. The average molecular weight is 349 g/mol. The summed E-state index contributed by atoms with van der Waals surface area (Å²) in [5.74, 6) is -1.29. The van der Waals surface area contributed by atoms with E-state index >= 15 is 0 Å². The second kappa shape index (κ2) is 7.66. The summed E-state index contributed by atoms with van der Waals surface area (Å²) in [6.07, 6.45) is 0. The minimum Gasteiger partial charge on any atom is -0.463 e. The normalized spacial score (nSPS) is 15.4. The summed E-state index contributed by atoms with van der Waals surface area (Å²) in [6.45, 7) is 9.74. The van der Waals surface area contributed by atoms with Gasteiger partial charge in [0.25, 0.3) is 0 Å². The number of hydrogen-bond donors (Lipinski definition) is 1. The van der Waals surface area contributed by atoms with Crippen molar-refractivity contribution in [2.75, 3.05) is 13.2 Å². The topological polar surface area (TPSA) is 64.6 Å². The molecule has 1 N–H and O–H groups in total. The maximum atomic E-state index is 12.5. The van der Waals surface area contributed by atoms with Crippen LogP contribution in [-0.2, 0) is 19.1 Å². The minimum absolute atomic E-state index is 0.281. The largest absolute Gasteiger partial charge is 0.463 e. The number of thiophene rings is 1. The molecule has 0 fully saturated rings. The van der Waals surface area contributed by atoms with Crippen LogP contribution in [-0.4, -0.2) is 25.2 Å². The van der Waals surface area contributed by atoms with E-state index in [9.17, 15) is 9.59 Å². The summed E-state index contributed by atoms with van der Waals surface area (Å²) in [5, 5.41) is 3.13. The first kappa shape index (κ1) is 18.3. The van der Waals surface area contributed by atoms with Gasteiger partial charge in [-0.1, -0.05) is 0 Å². The lowest BCUT2D eigenvalue weighted by molar-refractivity contribution is -0.139. The van der Waals surface area contributed by atoms with Crippen molar-refractivity contribution in [1.82, 2.24) is 5.32 Å². The van der Waals surface area contributed by atoms with Crippen LogP contribution in [0.5, 0.6) is 0 Å². The maximum absolute atomic E-state index is 12.5. The van der Waals surface area contributed by atoms with Crippen LogP contribution in [0.3, 0.4) is 0 Å². The standard InChI is InChI=1S/C18H23NO4S/c1-6-22-17(20)14-11(4)19-12(5)15(18(21)23-7-2)16(14)13-9-8-10(3)24-13/h8-9,16,19H,6-7H2,1-5H3. The van der Waals surface area contributed by atoms with Crippen molar-refractivity contribution in [2.45, 2.75) is 40.5 Å². The number of ether oxygens (including phenoxy) is 2. The Bertz CT molecular complexity index is 674. The van der Waals surface area contributed by atoms with E-state index in [2.05, 4.69) is 5.32 Å². The molecule has 0 saturated heterocycles. The van der Waals surface area contributed by atoms with Crippen LogP contribution < -0.4 is 5.32 Å². The van der Waals surface area contributed by atoms with Gasteiger partial charge in [-0.3, -0.25) is 0 Å². The van der Waals surface area contributed by atoms with E-state index in [0.29, 0.717) is 22.5 Å². The molecule has 0 bridgehead atoms. The lowest BCUT2D eigenvalue weighted by Crippen LogP contribution is -2.32. The molecule has 130 valence electrons. The fourth-order valence-corrected chi connectivity index (χ4v) is 3.84. The molecule has 0 radical (unpaired) electrons. The molecule has 6 heteroatoms. The van der Waals surface area contributed by atoms with Crippen molar-refractivity contribution < 1.29 is 19.1 Å². The average Bonchev–Trinajstić information content (AvgIpc) is 2.93. The summed E-state index contributed by atoms with van der Waals surface area (Å²) >= 11 is 1.57. The van der Waals surface area contributed by atoms with Gasteiger partial charge in [0.2, 0.25) is 0 Å². The van der Waals surface area contributed by atoms with E-state index in [0.717, 1.165) is 9.75 Å². The smallest absolute Gasteiger partial charge is 0.336 e. The zero-order valence-electron chi connectivity index (χ0n) is 14.7. The highest BCUT2D eigenvalue weighted by Gasteiger charge is 2.38. The summed E-state index contributed by atoms with van der Waals surface area (Å²) < 4.78 is 10.5. The zero-order chi connectivity index (χ0) is 17.9. The van der Waals surface area contributed by atoms with Gasteiger partial charge in [0.05, 0.1) is 30.3 Å². The van der Waals surface area contributed by atoms with Crippen molar-refractivity contribution in [1.29, 1.82) is 0 Å². The second-order valence-electron chi connectivity index (χ2n) is 5.52. The fraction of sp³-hybridized carbons (Fsp3) is 0.444. The van der Waals surface area contributed by atoms with Crippen molar-refractivity contribution in [3.63, 3.8) is 0 Å². The van der Waals surface area contributed by atoms with Crippen molar-refractivity contribution in [3.05, 3.63) is 44.4 Å². The number of esters is 2. The molecule has 0 unspecified atom stereocenters. The Morgan fingerprint density at radius 3 is 1.88 bits per heavy atom. The fourth-order valence-electron chi connectivity index (χ4n) is 2.85. The summed E-state index contributed by atoms with van der Waals surface area (Å²) in [7, 11) is 0. The van der Waals surface area contributed by atoms with E-state index in [1.807, 2.05) is 32.9 Å². The lowest BCUT2D eigenvalue weighted by atomic mass is 9.84. The third kappa shape index (κ3) is 3.53. The number of aryl methyl sites for hydroxylation is 1. The third-order valence-electron chi connectivity index (χ3n) is 3.80. The van der Waals surface area contributed by atoms with Gasteiger partial charge in [0, 0.05) is 21.1 Å². The highest BCUT2D eigenvalue weighted by atomic mass is 32.1. The molecule has 5 nitrogen and oxygen atoms in total. The van der Waals surface area contributed by atoms with Gasteiger partial charge >= 0.3 is 11.9 Å². The lowest BCUT2D eigenvalue weighted by Gasteiger charge is -2.29. The Kier molecular flexibility index (Phi) is 5.83. The quantitative estimate of drug-likeness (QED) is 0.825. The predicted octanol–water partition coefficient (Wildman–Crippen LogP) is 3.42. The molecule has 0 atom stereocenters. The van der Waals surface area contributed by atoms with Gasteiger partial charge in [-0.15, -0.1) is 11.3 Å². The SMILES string of the molecule is CCOC(=O)C1=C(C)NC(C)=C(C(=O)OCC)C1c1ccc(C)s1. The molecule has 24 heavy (non-hydrogen) atoms. The Morgan fingerprint density at radius 2 is 1.50 bits per heavy atom. The Morgan fingerprint density at radius 1 is 1.00 bits per heavy atom. The zero-order valence-corrected chi connectivity index (χ0v) is 15.5. The Hall–Kier alpha value is -2.08. The molecular formula is C18H23NO4S. The molecular weight excluding hydrogens is 326 g/mol. The molecule has 0 spiro atoms. The number of allylic oxidation sites excluding steroid dienone is 2. The number of hydrogen-bond acceptors (Lipinski definition) is 6. The van der Waals surface area contributed by atoms with Gasteiger partial charge in [-0.25, -0.2) is 9.59 Å². The first-order chi connectivity index (χ1) is 11.4. The third-order valence-corrected chi connectivity index (χ3v) is 4.86. The number of carbonyl (C=O) groups is 2. The first-order valence-corrected chi connectivity index (χ1v) is 8.81. The molecule has 0 saturated carbocycles. The van der Waals surface area contributed by atoms with E-state index in [1.54, 1.807) is 25.2 Å². The van der Waals surface area contributed by atoms with Gasteiger partial charge < -0.3 is 14.8 Å². The number of carbonyl (C=O) groups excluding carboxylic acids is 2. The summed E-state index contributed by atoms with van der Waals surface area (Å²) in [6, 6.07) is 3.94. The molecule has 0 aromatic carbocycles. The molecule has 1 aliphatic heterocycles. The molecule has 2 rings (SSSR count). The molecule has 1 aliphatic rings. The minimum atomic E-state index is -0.469. The van der Waals surface area contributed by atoms with Crippen LogP contribution >= 0.6 is 11.3 Å². The van der Waals surface area contributed by atoms with Crippen LogP contribution in [0.1, 0.15) is 43.4 Å². The summed E-state index contributed by atoms with van der Waals surface area (Å²) in [5.41, 5.74) is 2.34. The summed E-state index contributed by atoms with van der Waals surface area (Å²) in [4.78, 5) is 27.1. The second-order valence-corrected chi connectivity index (χ2v) is 6.84. The molecule has 1 aromatic heterocycles. The number of dihydropyridines is 1. The molecule has 0 amide bonds. The van der Waals surface area contributed by atoms with Gasteiger partial charge in [0.1, 0.15) is 0 Å². The maximum Gasteiger partial charge on any atom is 0.336 e. The van der Waals surface area contributed by atoms with Crippen LogP contribution in [0.2, 0.25) is 0 Å². The Labute approximate surface area is 146 Å². The molecule has 2 heterocycles. The van der Waals surface area contributed by atoms with E-state index < -0.39 is 17.9 Å². The van der Waals surface area contributed by atoms with E-state index in [4.69, 9.17) is 9.47 Å². The van der Waals surface area contributed by atoms with Crippen LogP contribution in [0.25, 0.3) is 0 Å². The van der Waals surface area contributed by atoms with E-state index in [-0.39, 0.29) is 13.2 Å². The number of rotatable bonds is 5. The van der Waals surface area contributed by atoms with Crippen LogP contribution in [0.15, 0.2) is 34.7 Å². The molecule has 0 aliphatic carbocycles. The van der Waals surface area contributed by atoms with Crippen molar-refractivity contribution in [3.8, 4) is 0 Å². The monoisotopic (exact) mass is 349 g/mol. The van der Waals surface area contributed by atoms with Crippen molar-refractivity contribution in [2.24, 2.45) is 0 Å². The van der Waals surface area contributed by atoms with Gasteiger partial charge in [0.15, 0.2) is 0 Å².